The van der Waals surface area contributed by atoms with E-state index in [2.05, 4.69) is 5.10 Å². The number of hydrogen-bond donors (Lipinski definition) is 1. The van der Waals surface area contributed by atoms with Gasteiger partial charge in [-0.1, -0.05) is 0 Å². The normalized spacial score (nSPS) is 10.9. The average molecular weight is 241 g/mol. The van der Waals surface area contributed by atoms with Crippen molar-refractivity contribution < 1.29 is 13.2 Å². The van der Waals surface area contributed by atoms with Crippen molar-refractivity contribution in [1.29, 1.82) is 0 Å². The highest BCUT2D eigenvalue weighted by molar-refractivity contribution is 5.68. The topological polar surface area (TPSA) is 43.8 Å². The molecule has 0 spiro atoms. The molecule has 0 amide bonds. The third kappa shape index (κ3) is 1.65. The molecule has 17 heavy (non-hydrogen) atoms. The van der Waals surface area contributed by atoms with Crippen LogP contribution in [0, 0.1) is 24.4 Å². The number of halogens is 3. The molecule has 2 rings (SSSR count). The summed E-state index contributed by atoms with van der Waals surface area (Å²) in [6.07, 6.45) is 0. The molecule has 3 nitrogen and oxygen atoms in total. The minimum atomic E-state index is -1.51. The largest absolute Gasteiger partial charge is 0.384 e. The second kappa shape index (κ2) is 3.80. The fourth-order valence-electron chi connectivity index (χ4n) is 1.61. The van der Waals surface area contributed by atoms with Crippen molar-refractivity contribution >= 4 is 5.82 Å². The Kier molecular flexibility index (Phi) is 2.57. The van der Waals surface area contributed by atoms with Crippen molar-refractivity contribution in [2.75, 3.05) is 5.73 Å². The second-order valence-electron chi connectivity index (χ2n) is 3.71. The SMILES string of the molecule is Cc1c(-c2ccc(F)c(F)c2F)nn(C)c1N. The van der Waals surface area contributed by atoms with Gasteiger partial charge in [0.05, 0.1) is 0 Å². The van der Waals surface area contributed by atoms with Gasteiger partial charge in [-0.15, -0.1) is 0 Å². The average Bonchev–Trinajstić information content (AvgIpc) is 2.54. The van der Waals surface area contributed by atoms with Gasteiger partial charge in [0.25, 0.3) is 0 Å². The predicted molar refractivity (Wildman–Crippen MR) is 57.7 cm³/mol. The first-order valence-electron chi connectivity index (χ1n) is 4.86. The van der Waals surface area contributed by atoms with Crippen LogP contribution in [-0.4, -0.2) is 9.78 Å². The second-order valence-corrected chi connectivity index (χ2v) is 3.71. The van der Waals surface area contributed by atoms with Crippen LogP contribution < -0.4 is 5.73 Å². The molecule has 2 N–H and O–H groups in total. The highest BCUT2D eigenvalue weighted by Crippen LogP contribution is 2.29. The van der Waals surface area contributed by atoms with Gasteiger partial charge >= 0.3 is 0 Å². The number of aromatic nitrogens is 2. The minimum absolute atomic E-state index is 0.103. The lowest BCUT2D eigenvalue weighted by Gasteiger charge is -2.02. The molecule has 90 valence electrons. The van der Waals surface area contributed by atoms with E-state index in [4.69, 9.17) is 5.73 Å². The van der Waals surface area contributed by atoms with Gasteiger partial charge in [-0.05, 0) is 19.1 Å². The number of aryl methyl sites for hydroxylation is 1. The number of anilines is 1. The minimum Gasteiger partial charge on any atom is -0.384 e. The Labute approximate surface area is 95.7 Å². The van der Waals surface area contributed by atoms with Gasteiger partial charge < -0.3 is 5.73 Å². The summed E-state index contributed by atoms with van der Waals surface area (Å²) in [5, 5.41) is 3.97. The van der Waals surface area contributed by atoms with Gasteiger partial charge in [-0.3, -0.25) is 4.68 Å². The Morgan fingerprint density at radius 3 is 2.35 bits per heavy atom. The third-order valence-electron chi connectivity index (χ3n) is 2.63. The molecule has 0 saturated heterocycles. The standard InChI is InChI=1S/C11H10F3N3/c1-5-10(16-17(2)11(5)15)6-3-4-7(12)9(14)8(6)13/h3-4H,15H2,1-2H3. The first-order valence-corrected chi connectivity index (χ1v) is 4.86. The van der Waals surface area contributed by atoms with Gasteiger partial charge in [0.2, 0.25) is 0 Å². The fourth-order valence-corrected chi connectivity index (χ4v) is 1.61. The molecule has 0 unspecified atom stereocenters. The lowest BCUT2D eigenvalue weighted by molar-refractivity contribution is 0.448. The van der Waals surface area contributed by atoms with Crippen LogP contribution in [0.5, 0.6) is 0 Å². The molecule has 0 fully saturated rings. The number of nitrogens with zero attached hydrogens (tertiary/aromatic N) is 2. The van der Waals surface area contributed by atoms with Crippen molar-refractivity contribution in [1.82, 2.24) is 9.78 Å². The fraction of sp³-hybridized carbons (Fsp3) is 0.182. The molecule has 1 aromatic heterocycles. The zero-order chi connectivity index (χ0) is 12.7. The Morgan fingerprint density at radius 1 is 1.18 bits per heavy atom. The van der Waals surface area contributed by atoms with Crippen LogP contribution in [0.1, 0.15) is 5.56 Å². The molecule has 0 radical (unpaired) electrons. The number of nitrogens with two attached hydrogens (primary N) is 1. The summed E-state index contributed by atoms with van der Waals surface area (Å²) in [6, 6.07) is 2.00. The van der Waals surface area contributed by atoms with E-state index in [0.717, 1.165) is 12.1 Å². The van der Waals surface area contributed by atoms with Gasteiger partial charge in [-0.2, -0.15) is 5.10 Å². The van der Waals surface area contributed by atoms with Crippen LogP contribution in [0.4, 0.5) is 19.0 Å². The summed E-state index contributed by atoms with van der Waals surface area (Å²) < 4.78 is 40.8. The molecule has 6 heteroatoms. The van der Waals surface area contributed by atoms with E-state index in [9.17, 15) is 13.2 Å². The Balaban J connectivity index is 2.69. The van der Waals surface area contributed by atoms with Crippen molar-refractivity contribution in [3.8, 4) is 11.3 Å². The van der Waals surface area contributed by atoms with Gasteiger partial charge in [0.1, 0.15) is 11.5 Å². The maximum atomic E-state index is 13.6. The van der Waals surface area contributed by atoms with Crippen molar-refractivity contribution in [2.45, 2.75) is 6.92 Å². The lowest BCUT2D eigenvalue weighted by atomic mass is 10.1. The predicted octanol–water partition coefficient (Wildman–Crippen LogP) is 2.40. The van der Waals surface area contributed by atoms with Crippen LogP contribution in [0.3, 0.4) is 0 Å². The molecule has 0 aliphatic heterocycles. The summed E-state index contributed by atoms with van der Waals surface area (Å²) in [7, 11) is 1.59. The third-order valence-corrected chi connectivity index (χ3v) is 2.63. The van der Waals surface area contributed by atoms with Crippen LogP contribution in [0.2, 0.25) is 0 Å². The molecule has 0 bridgehead atoms. The first kappa shape index (κ1) is 11.5. The summed E-state index contributed by atoms with van der Waals surface area (Å²) >= 11 is 0. The maximum absolute atomic E-state index is 13.6. The van der Waals surface area contributed by atoms with E-state index < -0.39 is 17.5 Å². The van der Waals surface area contributed by atoms with Crippen LogP contribution in [0.25, 0.3) is 11.3 Å². The highest BCUT2D eigenvalue weighted by atomic mass is 19.2. The van der Waals surface area contributed by atoms with Gasteiger partial charge in [0, 0.05) is 18.2 Å². The zero-order valence-corrected chi connectivity index (χ0v) is 9.26. The molecule has 0 saturated carbocycles. The molecule has 0 aliphatic rings. The molecule has 0 atom stereocenters. The first-order chi connectivity index (χ1) is 7.93. The maximum Gasteiger partial charge on any atom is 0.195 e. The highest BCUT2D eigenvalue weighted by Gasteiger charge is 2.19. The number of hydrogen-bond acceptors (Lipinski definition) is 2. The quantitative estimate of drug-likeness (QED) is 0.779. The van der Waals surface area contributed by atoms with Crippen LogP contribution >= 0.6 is 0 Å². The van der Waals surface area contributed by atoms with Crippen LogP contribution in [0.15, 0.2) is 12.1 Å². The van der Waals surface area contributed by atoms with Crippen molar-refractivity contribution in [2.24, 2.45) is 7.05 Å². The zero-order valence-electron chi connectivity index (χ0n) is 9.26. The van der Waals surface area contributed by atoms with Gasteiger partial charge in [0.15, 0.2) is 17.5 Å². The van der Waals surface area contributed by atoms with E-state index in [-0.39, 0.29) is 11.3 Å². The smallest absolute Gasteiger partial charge is 0.195 e. The Morgan fingerprint density at radius 2 is 1.82 bits per heavy atom. The molecule has 1 heterocycles. The van der Waals surface area contributed by atoms with E-state index >= 15 is 0 Å². The monoisotopic (exact) mass is 241 g/mol. The van der Waals surface area contributed by atoms with E-state index in [1.54, 1.807) is 14.0 Å². The molecular formula is C11H10F3N3. The van der Waals surface area contributed by atoms with Gasteiger partial charge in [-0.25, -0.2) is 13.2 Å². The lowest BCUT2D eigenvalue weighted by Crippen LogP contribution is -1.97. The van der Waals surface area contributed by atoms with Crippen molar-refractivity contribution in [3.05, 3.63) is 35.1 Å². The summed E-state index contributed by atoms with van der Waals surface area (Å²) in [6.45, 7) is 1.64. The number of rotatable bonds is 1. The van der Waals surface area contributed by atoms with Crippen molar-refractivity contribution in [3.63, 3.8) is 0 Å². The number of nitrogen functional groups attached to an aromatic ring is 1. The molecule has 1 aromatic carbocycles. The Hall–Kier alpha value is -1.98. The molecular weight excluding hydrogens is 231 g/mol. The molecule has 2 aromatic rings. The van der Waals surface area contributed by atoms with E-state index in [1.165, 1.54) is 4.68 Å². The Bertz CT molecular complexity index is 590. The number of benzene rings is 1. The van der Waals surface area contributed by atoms with E-state index in [1.807, 2.05) is 0 Å². The summed E-state index contributed by atoms with van der Waals surface area (Å²) in [5.41, 5.74) is 6.30. The molecule has 0 aliphatic carbocycles. The summed E-state index contributed by atoms with van der Waals surface area (Å²) in [5.74, 6) is -3.64. The van der Waals surface area contributed by atoms with Crippen LogP contribution in [-0.2, 0) is 7.05 Å². The summed E-state index contributed by atoms with van der Waals surface area (Å²) in [4.78, 5) is 0. The van der Waals surface area contributed by atoms with E-state index in [0.29, 0.717) is 11.4 Å².